The lowest BCUT2D eigenvalue weighted by Crippen LogP contribution is -2.39. The third kappa shape index (κ3) is 4.12. The van der Waals surface area contributed by atoms with Crippen molar-refractivity contribution in [1.29, 1.82) is 0 Å². The van der Waals surface area contributed by atoms with Gasteiger partial charge in [0.15, 0.2) is 0 Å². The Morgan fingerprint density at radius 3 is 2.96 bits per heavy atom. The number of aryl methyl sites for hydroxylation is 1. The second-order valence-corrected chi connectivity index (χ2v) is 6.94. The molecule has 1 fully saturated rings. The first kappa shape index (κ1) is 16.5. The number of benzene rings is 1. The van der Waals surface area contributed by atoms with Crippen LogP contribution in [0.3, 0.4) is 0 Å². The molecule has 0 spiro atoms. The third-order valence-corrected chi connectivity index (χ3v) is 5.27. The Hall–Kier alpha value is -1.39. The van der Waals surface area contributed by atoms with Gasteiger partial charge in [-0.05, 0) is 48.8 Å². The van der Waals surface area contributed by atoms with E-state index in [0.717, 1.165) is 45.3 Å². The maximum Gasteiger partial charge on any atom is 0.223 e. The third-order valence-electron chi connectivity index (χ3n) is 5.27. The Morgan fingerprint density at radius 2 is 2.22 bits per heavy atom. The molecule has 23 heavy (non-hydrogen) atoms. The van der Waals surface area contributed by atoms with Crippen LogP contribution in [0, 0.1) is 5.92 Å². The van der Waals surface area contributed by atoms with E-state index in [2.05, 4.69) is 35.3 Å². The minimum absolute atomic E-state index is 0.0135. The van der Waals surface area contributed by atoms with Crippen molar-refractivity contribution in [2.75, 3.05) is 19.6 Å². The predicted molar refractivity (Wildman–Crippen MR) is 91.2 cm³/mol. The zero-order valence-electron chi connectivity index (χ0n) is 14.1. The zero-order valence-corrected chi connectivity index (χ0v) is 14.1. The number of amides is 1. The van der Waals surface area contributed by atoms with Crippen molar-refractivity contribution in [3.8, 4) is 0 Å². The van der Waals surface area contributed by atoms with Gasteiger partial charge in [0, 0.05) is 32.1 Å². The van der Waals surface area contributed by atoms with E-state index in [4.69, 9.17) is 0 Å². The summed E-state index contributed by atoms with van der Waals surface area (Å²) in [4.78, 5) is 14.5. The molecule has 0 bridgehead atoms. The minimum atomic E-state index is -0.280. The van der Waals surface area contributed by atoms with Crippen LogP contribution in [-0.2, 0) is 24.2 Å². The highest BCUT2D eigenvalue weighted by Gasteiger charge is 2.28. The predicted octanol–water partition coefficient (Wildman–Crippen LogP) is 1.88. The molecule has 1 heterocycles. The number of nitrogens with zero attached hydrogens (tertiary/aromatic N) is 1. The lowest BCUT2D eigenvalue weighted by Gasteiger charge is -2.29. The van der Waals surface area contributed by atoms with Crippen LogP contribution in [0.4, 0.5) is 0 Å². The molecule has 4 heteroatoms. The molecule has 2 unspecified atom stereocenters. The van der Waals surface area contributed by atoms with Crippen LogP contribution in [0.15, 0.2) is 18.2 Å². The summed E-state index contributed by atoms with van der Waals surface area (Å²) in [7, 11) is 0. The molecule has 1 saturated carbocycles. The van der Waals surface area contributed by atoms with Gasteiger partial charge < -0.3 is 10.4 Å². The summed E-state index contributed by atoms with van der Waals surface area (Å²) < 4.78 is 0. The number of carbonyl (C=O) groups is 1. The maximum absolute atomic E-state index is 12.1. The quantitative estimate of drug-likeness (QED) is 0.872. The number of fused-ring (bicyclic) bond motifs is 1. The lowest BCUT2D eigenvalue weighted by atomic mass is 9.96. The molecule has 126 valence electrons. The summed E-state index contributed by atoms with van der Waals surface area (Å²) in [5, 5.41) is 12.6. The topological polar surface area (TPSA) is 52.6 Å². The molecule has 1 aromatic carbocycles. The first-order valence-electron chi connectivity index (χ1n) is 8.94. The van der Waals surface area contributed by atoms with Gasteiger partial charge in [-0.3, -0.25) is 9.69 Å². The highest BCUT2D eigenvalue weighted by molar-refractivity contribution is 5.78. The summed E-state index contributed by atoms with van der Waals surface area (Å²) >= 11 is 0. The molecular weight excluding hydrogens is 288 g/mol. The molecule has 3 rings (SSSR count). The normalized spacial score (nSPS) is 24.4. The maximum atomic E-state index is 12.1. The summed E-state index contributed by atoms with van der Waals surface area (Å²) in [5.74, 6) is 0.131. The van der Waals surface area contributed by atoms with Gasteiger partial charge in [0.25, 0.3) is 0 Å². The summed E-state index contributed by atoms with van der Waals surface area (Å²) in [6.07, 6.45) is 4.13. The van der Waals surface area contributed by atoms with Crippen LogP contribution >= 0.6 is 0 Å². The summed E-state index contributed by atoms with van der Waals surface area (Å²) in [6.45, 7) is 5.85. The number of carbonyl (C=O) groups excluding carboxylic acids is 1. The molecule has 1 aliphatic carbocycles. The van der Waals surface area contributed by atoms with E-state index >= 15 is 0 Å². The standard InChI is InChI=1S/C19H28N2O2/c1-2-14-3-4-17-13-21(9-7-15(17)11-14)10-8-20-19(23)16-5-6-18(22)12-16/h3-4,11,16,18,22H,2,5-10,12-13H2,1H3,(H,20,23). The van der Waals surface area contributed by atoms with Gasteiger partial charge in [0.2, 0.25) is 5.91 Å². The van der Waals surface area contributed by atoms with E-state index in [1.165, 1.54) is 16.7 Å². The van der Waals surface area contributed by atoms with Crippen molar-refractivity contribution >= 4 is 5.91 Å². The van der Waals surface area contributed by atoms with Crippen LogP contribution in [0.1, 0.15) is 42.9 Å². The molecule has 2 atom stereocenters. The number of hydrogen-bond acceptors (Lipinski definition) is 3. The van der Waals surface area contributed by atoms with Crippen LogP contribution in [0.2, 0.25) is 0 Å². The fourth-order valence-electron chi connectivity index (χ4n) is 3.75. The zero-order chi connectivity index (χ0) is 16.2. The second kappa shape index (κ2) is 7.45. The molecule has 1 aromatic rings. The molecule has 4 nitrogen and oxygen atoms in total. The van der Waals surface area contributed by atoms with Crippen molar-refractivity contribution in [1.82, 2.24) is 10.2 Å². The molecular formula is C19H28N2O2. The first-order chi connectivity index (χ1) is 11.2. The molecule has 0 saturated heterocycles. The van der Waals surface area contributed by atoms with Crippen molar-refractivity contribution < 1.29 is 9.90 Å². The Kier molecular flexibility index (Phi) is 5.34. The molecule has 2 aliphatic rings. The Morgan fingerprint density at radius 1 is 1.35 bits per heavy atom. The van der Waals surface area contributed by atoms with Crippen molar-refractivity contribution in [3.05, 3.63) is 34.9 Å². The van der Waals surface area contributed by atoms with Gasteiger partial charge in [0.1, 0.15) is 0 Å². The highest BCUT2D eigenvalue weighted by Crippen LogP contribution is 2.25. The number of hydrogen-bond donors (Lipinski definition) is 2. The van der Waals surface area contributed by atoms with E-state index in [1.54, 1.807) is 0 Å². The smallest absolute Gasteiger partial charge is 0.223 e. The Bertz CT molecular complexity index is 558. The van der Waals surface area contributed by atoms with Crippen LogP contribution < -0.4 is 5.32 Å². The largest absolute Gasteiger partial charge is 0.393 e. The van der Waals surface area contributed by atoms with Crippen LogP contribution in [0.5, 0.6) is 0 Å². The average molecular weight is 316 g/mol. The minimum Gasteiger partial charge on any atom is -0.393 e. The average Bonchev–Trinajstić information content (AvgIpc) is 3.01. The van der Waals surface area contributed by atoms with E-state index < -0.39 is 0 Å². The summed E-state index contributed by atoms with van der Waals surface area (Å²) in [6, 6.07) is 6.84. The molecule has 0 radical (unpaired) electrons. The molecule has 2 N–H and O–H groups in total. The SMILES string of the molecule is CCc1ccc2c(c1)CCN(CCNC(=O)C1CCC(O)C1)C2. The fourth-order valence-corrected chi connectivity index (χ4v) is 3.75. The second-order valence-electron chi connectivity index (χ2n) is 6.94. The molecule has 1 amide bonds. The van der Waals surface area contributed by atoms with Crippen molar-refractivity contribution in [2.24, 2.45) is 5.92 Å². The number of rotatable bonds is 5. The van der Waals surface area contributed by atoms with Crippen LogP contribution in [0.25, 0.3) is 0 Å². The molecule has 0 aromatic heterocycles. The van der Waals surface area contributed by atoms with Crippen molar-refractivity contribution in [2.45, 2.75) is 51.7 Å². The fraction of sp³-hybridized carbons (Fsp3) is 0.632. The number of aliphatic hydroxyl groups excluding tert-OH is 1. The van der Waals surface area contributed by atoms with Gasteiger partial charge in [-0.1, -0.05) is 25.1 Å². The van der Waals surface area contributed by atoms with Gasteiger partial charge >= 0.3 is 0 Å². The summed E-state index contributed by atoms with van der Waals surface area (Å²) in [5.41, 5.74) is 4.34. The van der Waals surface area contributed by atoms with Crippen molar-refractivity contribution in [3.63, 3.8) is 0 Å². The monoisotopic (exact) mass is 316 g/mol. The van der Waals surface area contributed by atoms with Gasteiger partial charge in [0.05, 0.1) is 6.10 Å². The number of aliphatic hydroxyl groups is 1. The van der Waals surface area contributed by atoms with E-state index in [1.807, 2.05) is 0 Å². The molecule has 1 aliphatic heterocycles. The van der Waals surface area contributed by atoms with E-state index in [0.29, 0.717) is 13.0 Å². The Labute approximate surface area is 138 Å². The highest BCUT2D eigenvalue weighted by atomic mass is 16.3. The Balaban J connectivity index is 1.44. The van der Waals surface area contributed by atoms with Gasteiger partial charge in [-0.25, -0.2) is 0 Å². The number of nitrogens with one attached hydrogen (secondary N) is 1. The van der Waals surface area contributed by atoms with Crippen LogP contribution in [-0.4, -0.2) is 41.7 Å². The van der Waals surface area contributed by atoms with E-state index in [-0.39, 0.29) is 17.9 Å². The van der Waals surface area contributed by atoms with Gasteiger partial charge in [-0.15, -0.1) is 0 Å². The van der Waals surface area contributed by atoms with E-state index in [9.17, 15) is 9.90 Å². The van der Waals surface area contributed by atoms with Gasteiger partial charge in [-0.2, -0.15) is 0 Å². The lowest BCUT2D eigenvalue weighted by molar-refractivity contribution is -0.125. The first-order valence-corrected chi connectivity index (χ1v) is 8.94.